The summed E-state index contributed by atoms with van der Waals surface area (Å²) in [5, 5.41) is 10.6. The van der Waals surface area contributed by atoms with Crippen molar-refractivity contribution in [2.24, 2.45) is 0 Å². The molecule has 0 saturated carbocycles. The second-order valence-corrected chi connectivity index (χ2v) is 4.44. The number of nitrogens with one attached hydrogen (secondary N) is 2. The van der Waals surface area contributed by atoms with Gasteiger partial charge in [0.1, 0.15) is 0 Å². The molecule has 0 aromatic carbocycles. The highest BCUT2D eigenvalue weighted by atomic mass is 15.4. The van der Waals surface area contributed by atoms with Gasteiger partial charge in [0.15, 0.2) is 0 Å². The molecule has 0 unspecified atom stereocenters. The molecular weight excluding hydrogens is 254 g/mol. The molecule has 0 aliphatic carbocycles. The maximum absolute atomic E-state index is 4.38. The minimum Gasteiger partial charge on any atom is -0.354 e. The molecule has 0 bridgehead atoms. The number of nitrogens with zero attached hydrogens (tertiary/aromatic N) is 5. The third-order valence-electron chi connectivity index (χ3n) is 2.68. The largest absolute Gasteiger partial charge is 0.354 e. The van der Waals surface area contributed by atoms with Crippen LogP contribution in [0.4, 0.5) is 11.9 Å². The van der Waals surface area contributed by atoms with Gasteiger partial charge in [0.05, 0.1) is 0 Å². The van der Waals surface area contributed by atoms with E-state index < -0.39 is 0 Å². The van der Waals surface area contributed by atoms with Gasteiger partial charge in [0.2, 0.25) is 11.9 Å². The van der Waals surface area contributed by atoms with Gasteiger partial charge in [-0.05, 0) is 18.9 Å². The van der Waals surface area contributed by atoms with Gasteiger partial charge in [0, 0.05) is 25.5 Å². The molecule has 2 rings (SSSR count). The molecule has 2 N–H and O–H groups in total. The maximum Gasteiger partial charge on any atom is 0.257 e. The molecule has 7 nitrogen and oxygen atoms in total. The first-order chi connectivity index (χ1) is 9.83. The second kappa shape index (κ2) is 7.42. The minimum absolute atomic E-state index is 0.516. The molecule has 2 aromatic rings. The van der Waals surface area contributed by atoms with Crippen LogP contribution >= 0.6 is 0 Å². The van der Waals surface area contributed by atoms with Gasteiger partial charge >= 0.3 is 0 Å². The fourth-order valence-corrected chi connectivity index (χ4v) is 1.63. The Morgan fingerprint density at radius 2 is 1.75 bits per heavy atom. The molecule has 0 radical (unpaired) electrons. The van der Waals surface area contributed by atoms with E-state index in [4.69, 9.17) is 0 Å². The lowest BCUT2D eigenvalue weighted by Crippen LogP contribution is -2.13. The summed E-state index contributed by atoms with van der Waals surface area (Å²) in [5.74, 6) is 1.67. The summed E-state index contributed by atoms with van der Waals surface area (Å²) < 4.78 is 1.63. The highest BCUT2D eigenvalue weighted by Gasteiger charge is 2.07. The van der Waals surface area contributed by atoms with E-state index in [1.54, 1.807) is 10.9 Å². The van der Waals surface area contributed by atoms with Gasteiger partial charge in [-0.15, -0.1) is 0 Å². The Morgan fingerprint density at radius 3 is 2.35 bits per heavy atom. The molecule has 20 heavy (non-hydrogen) atoms. The SMILES string of the molecule is CCCCNc1nc(NCCC)nc(-n2cccn2)n1. The highest BCUT2D eigenvalue weighted by Crippen LogP contribution is 2.09. The standard InChI is InChI=1S/C13H21N7/c1-3-5-8-15-12-17-11(14-7-4-2)18-13(19-12)20-10-6-9-16-20/h6,9-10H,3-5,7-8H2,1-2H3,(H2,14,15,17,18,19). The van der Waals surface area contributed by atoms with E-state index in [2.05, 4.69) is 44.5 Å². The molecule has 7 heteroatoms. The first-order valence-electron chi connectivity index (χ1n) is 7.07. The summed E-state index contributed by atoms with van der Waals surface area (Å²) >= 11 is 0. The molecule has 0 saturated heterocycles. The molecule has 0 spiro atoms. The van der Waals surface area contributed by atoms with Crippen molar-refractivity contribution in [1.29, 1.82) is 0 Å². The predicted octanol–water partition coefficient (Wildman–Crippen LogP) is 2.09. The van der Waals surface area contributed by atoms with Crippen molar-refractivity contribution in [3.8, 4) is 5.95 Å². The molecule has 0 atom stereocenters. The van der Waals surface area contributed by atoms with Gasteiger partial charge in [-0.3, -0.25) is 0 Å². The summed E-state index contributed by atoms with van der Waals surface area (Å²) in [6, 6.07) is 1.84. The minimum atomic E-state index is 0.516. The van der Waals surface area contributed by atoms with Gasteiger partial charge in [-0.25, -0.2) is 4.68 Å². The van der Waals surface area contributed by atoms with Crippen molar-refractivity contribution in [2.45, 2.75) is 33.1 Å². The van der Waals surface area contributed by atoms with Gasteiger partial charge in [0.25, 0.3) is 5.95 Å². The molecule has 0 fully saturated rings. The van der Waals surface area contributed by atoms with Crippen molar-refractivity contribution < 1.29 is 0 Å². The van der Waals surface area contributed by atoms with Crippen molar-refractivity contribution in [3.05, 3.63) is 18.5 Å². The molecule has 2 aromatic heterocycles. The number of unbranched alkanes of at least 4 members (excludes halogenated alkanes) is 1. The summed E-state index contributed by atoms with van der Waals surface area (Å²) in [7, 11) is 0. The fraction of sp³-hybridized carbons (Fsp3) is 0.538. The molecule has 0 aliphatic rings. The van der Waals surface area contributed by atoms with Gasteiger partial charge in [-0.2, -0.15) is 20.1 Å². The molecule has 108 valence electrons. The topological polar surface area (TPSA) is 80.5 Å². The number of rotatable bonds is 8. The zero-order chi connectivity index (χ0) is 14.2. The quantitative estimate of drug-likeness (QED) is 0.718. The first kappa shape index (κ1) is 14.2. The second-order valence-electron chi connectivity index (χ2n) is 4.44. The average Bonchev–Trinajstić information content (AvgIpc) is 2.99. The van der Waals surface area contributed by atoms with Crippen LogP contribution in [0.2, 0.25) is 0 Å². The van der Waals surface area contributed by atoms with Crippen LogP contribution in [-0.2, 0) is 0 Å². The Kier molecular flexibility index (Phi) is 5.28. The molecular formula is C13H21N7. The smallest absolute Gasteiger partial charge is 0.257 e. The Bertz CT molecular complexity index is 509. The van der Waals surface area contributed by atoms with E-state index >= 15 is 0 Å². The van der Waals surface area contributed by atoms with E-state index in [0.29, 0.717) is 17.8 Å². The lowest BCUT2D eigenvalue weighted by atomic mass is 10.3. The summed E-state index contributed by atoms with van der Waals surface area (Å²) in [6.07, 6.45) is 6.74. The average molecular weight is 275 g/mol. The third kappa shape index (κ3) is 3.91. The summed E-state index contributed by atoms with van der Waals surface area (Å²) in [5.41, 5.74) is 0. The van der Waals surface area contributed by atoms with E-state index in [0.717, 1.165) is 32.4 Å². The summed E-state index contributed by atoms with van der Waals surface area (Å²) in [4.78, 5) is 13.1. The molecule has 0 amide bonds. The van der Waals surface area contributed by atoms with Crippen LogP contribution in [0.5, 0.6) is 0 Å². The Labute approximate surface area is 118 Å². The lowest BCUT2D eigenvalue weighted by Gasteiger charge is -2.09. The molecule has 2 heterocycles. The number of anilines is 2. The Morgan fingerprint density at radius 1 is 1.00 bits per heavy atom. The van der Waals surface area contributed by atoms with E-state index in [1.807, 2.05) is 12.3 Å². The monoisotopic (exact) mass is 275 g/mol. The van der Waals surface area contributed by atoms with Crippen LogP contribution in [0.15, 0.2) is 18.5 Å². The van der Waals surface area contributed by atoms with Crippen LogP contribution in [0.3, 0.4) is 0 Å². The van der Waals surface area contributed by atoms with Crippen molar-refractivity contribution >= 4 is 11.9 Å². The molecule has 0 aliphatic heterocycles. The predicted molar refractivity (Wildman–Crippen MR) is 79.1 cm³/mol. The third-order valence-corrected chi connectivity index (χ3v) is 2.68. The van der Waals surface area contributed by atoms with Crippen LogP contribution in [-0.4, -0.2) is 37.8 Å². The number of hydrogen-bond donors (Lipinski definition) is 2. The summed E-state index contributed by atoms with van der Waals surface area (Å²) in [6.45, 7) is 5.94. The number of aromatic nitrogens is 5. The Hall–Kier alpha value is -2.18. The first-order valence-corrected chi connectivity index (χ1v) is 7.07. The van der Waals surface area contributed by atoms with Crippen LogP contribution in [0.25, 0.3) is 5.95 Å². The van der Waals surface area contributed by atoms with Crippen molar-refractivity contribution in [2.75, 3.05) is 23.7 Å². The van der Waals surface area contributed by atoms with Crippen LogP contribution in [0.1, 0.15) is 33.1 Å². The fourth-order valence-electron chi connectivity index (χ4n) is 1.63. The maximum atomic E-state index is 4.38. The van der Waals surface area contributed by atoms with Gasteiger partial charge in [-0.1, -0.05) is 20.3 Å². The van der Waals surface area contributed by atoms with E-state index in [-0.39, 0.29) is 0 Å². The highest BCUT2D eigenvalue weighted by molar-refractivity contribution is 5.37. The van der Waals surface area contributed by atoms with E-state index in [1.165, 1.54) is 0 Å². The van der Waals surface area contributed by atoms with Crippen LogP contribution < -0.4 is 10.6 Å². The van der Waals surface area contributed by atoms with Gasteiger partial charge < -0.3 is 10.6 Å². The lowest BCUT2D eigenvalue weighted by molar-refractivity contribution is 0.784. The Balaban J connectivity index is 2.19. The zero-order valence-corrected chi connectivity index (χ0v) is 12.0. The van der Waals surface area contributed by atoms with E-state index in [9.17, 15) is 0 Å². The normalized spacial score (nSPS) is 10.5. The van der Waals surface area contributed by atoms with Crippen molar-refractivity contribution in [3.63, 3.8) is 0 Å². The van der Waals surface area contributed by atoms with Crippen molar-refractivity contribution in [1.82, 2.24) is 24.7 Å². The zero-order valence-electron chi connectivity index (χ0n) is 12.0. The number of hydrogen-bond acceptors (Lipinski definition) is 6. The van der Waals surface area contributed by atoms with Crippen LogP contribution in [0, 0.1) is 0 Å².